The average molecular weight is 371 g/mol. The Hall–Kier alpha value is -2.41. The second-order valence-electron chi connectivity index (χ2n) is 7.57. The van der Waals surface area contributed by atoms with Crippen LogP contribution in [0.25, 0.3) is 0 Å². The predicted octanol–water partition coefficient (Wildman–Crippen LogP) is 2.92. The molecule has 4 rings (SSSR count). The molecule has 2 atom stereocenters. The number of benzene rings is 1. The van der Waals surface area contributed by atoms with Gasteiger partial charge >= 0.3 is 0 Å². The minimum Gasteiger partial charge on any atom is -0.508 e. The van der Waals surface area contributed by atoms with Crippen LogP contribution >= 0.6 is 0 Å². The second kappa shape index (κ2) is 7.31. The van der Waals surface area contributed by atoms with Gasteiger partial charge in [0.2, 0.25) is 17.7 Å². The van der Waals surface area contributed by atoms with Gasteiger partial charge in [0.1, 0.15) is 5.75 Å². The van der Waals surface area contributed by atoms with E-state index < -0.39 is 6.10 Å². The van der Waals surface area contributed by atoms with Crippen LogP contribution in [-0.4, -0.2) is 45.8 Å². The Balaban J connectivity index is 1.52. The number of morpholine rings is 1. The molecular formula is C20H25N3O4. The quantitative estimate of drug-likeness (QED) is 0.892. The Bertz CT molecular complexity index is 832. The Kier molecular flexibility index (Phi) is 4.86. The number of rotatable bonds is 3. The summed E-state index contributed by atoms with van der Waals surface area (Å²) >= 11 is 0. The molecule has 1 aromatic heterocycles. The lowest BCUT2D eigenvalue weighted by Crippen LogP contribution is -2.45. The van der Waals surface area contributed by atoms with Crippen LogP contribution < -0.4 is 0 Å². The molecule has 1 amide bonds. The zero-order valence-corrected chi connectivity index (χ0v) is 15.7. The van der Waals surface area contributed by atoms with Crippen molar-refractivity contribution in [2.24, 2.45) is 0 Å². The lowest BCUT2D eigenvalue weighted by atomic mass is 9.81. The highest BCUT2D eigenvalue weighted by Crippen LogP contribution is 2.38. The summed E-state index contributed by atoms with van der Waals surface area (Å²) in [4.78, 5) is 15.1. The zero-order valence-electron chi connectivity index (χ0n) is 15.7. The maximum atomic E-state index is 13.2. The summed E-state index contributed by atoms with van der Waals surface area (Å²) < 4.78 is 11.5. The molecule has 7 nitrogen and oxygen atoms in total. The van der Waals surface area contributed by atoms with Gasteiger partial charge in [-0.2, -0.15) is 0 Å². The number of amides is 1. The van der Waals surface area contributed by atoms with Gasteiger partial charge in [0.05, 0.1) is 19.1 Å². The van der Waals surface area contributed by atoms with Crippen LogP contribution in [0.3, 0.4) is 0 Å². The lowest BCUT2D eigenvalue weighted by Gasteiger charge is -2.35. The summed E-state index contributed by atoms with van der Waals surface area (Å²) in [5.41, 5.74) is 1.86. The van der Waals surface area contributed by atoms with Crippen LogP contribution in [0, 0.1) is 0 Å². The molecular weight excluding hydrogens is 346 g/mol. The molecule has 0 bridgehead atoms. The molecule has 0 spiro atoms. The van der Waals surface area contributed by atoms with Crippen LogP contribution in [0.5, 0.6) is 5.75 Å². The molecule has 2 aromatic rings. The average Bonchev–Trinajstić information content (AvgIpc) is 3.18. The lowest BCUT2D eigenvalue weighted by molar-refractivity contribution is -0.141. The Labute approximate surface area is 158 Å². The van der Waals surface area contributed by atoms with Crippen molar-refractivity contribution in [3.05, 3.63) is 41.1 Å². The van der Waals surface area contributed by atoms with Crippen molar-refractivity contribution >= 4 is 5.91 Å². The Morgan fingerprint density at radius 3 is 2.96 bits per heavy atom. The molecule has 1 aromatic carbocycles. The number of aromatic hydroxyl groups is 1. The molecule has 7 heteroatoms. The van der Waals surface area contributed by atoms with Crippen molar-refractivity contribution in [1.82, 2.24) is 15.1 Å². The third-order valence-electron chi connectivity index (χ3n) is 5.38. The van der Waals surface area contributed by atoms with Gasteiger partial charge in [-0.3, -0.25) is 4.79 Å². The van der Waals surface area contributed by atoms with Gasteiger partial charge in [-0.25, -0.2) is 0 Å². The summed E-state index contributed by atoms with van der Waals surface area (Å²) in [5, 5.41) is 18.3. The number of aromatic nitrogens is 2. The van der Waals surface area contributed by atoms with Crippen LogP contribution in [0.4, 0.5) is 0 Å². The molecule has 1 aliphatic heterocycles. The fourth-order valence-electron chi connectivity index (χ4n) is 3.92. The van der Waals surface area contributed by atoms with Crippen LogP contribution in [0.2, 0.25) is 0 Å². The summed E-state index contributed by atoms with van der Waals surface area (Å²) in [7, 11) is 0. The highest BCUT2D eigenvalue weighted by atomic mass is 16.5. The molecule has 2 unspecified atom stereocenters. The van der Waals surface area contributed by atoms with E-state index in [0.29, 0.717) is 31.5 Å². The van der Waals surface area contributed by atoms with E-state index in [1.54, 1.807) is 6.07 Å². The van der Waals surface area contributed by atoms with Crippen LogP contribution in [0.15, 0.2) is 22.6 Å². The maximum Gasteiger partial charge on any atom is 0.247 e. The number of ether oxygens (including phenoxy) is 1. The summed E-state index contributed by atoms with van der Waals surface area (Å²) in [6.07, 6.45) is 2.12. The monoisotopic (exact) mass is 371 g/mol. The first-order valence-corrected chi connectivity index (χ1v) is 9.59. The highest BCUT2D eigenvalue weighted by molar-refractivity contribution is 5.85. The van der Waals surface area contributed by atoms with Gasteiger partial charge in [-0.1, -0.05) is 26.0 Å². The van der Waals surface area contributed by atoms with Gasteiger partial charge in [0, 0.05) is 12.5 Å². The normalized spacial score (nSPS) is 22.7. The SMILES string of the molecule is CC(C)c1nnc(C2CN(C(=O)C3CCCc4c(O)cccc43)CCO2)o1. The number of carbonyl (C=O) groups excluding carboxylic acids is 1. The Morgan fingerprint density at radius 2 is 2.19 bits per heavy atom. The zero-order chi connectivity index (χ0) is 19.0. The summed E-state index contributed by atoms with van der Waals surface area (Å²) in [5.74, 6) is 1.31. The topological polar surface area (TPSA) is 88.7 Å². The Morgan fingerprint density at radius 1 is 1.33 bits per heavy atom. The van der Waals surface area contributed by atoms with E-state index in [2.05, 4.69) is 10.2 Å². The fourth-order valence-corrected chi connectivity index (χ4v) is 3.92. The molecule has 1 saturated heterocycles. The van der Waals surface area contributed by atoms with Crippen molar-refractivity contribution in [1.29, 1.82) is 0 Å². The molecule has 1 fully saturated rings. The first kappa shape index (κ1) is 18.0. The highest BCUT2D eigenvalue weighted by Gasteiger charge is 2.35. The maximum absolute atomic E-state index is 13.2. The third-order valence-corrected chi connectivity index (χ3v) is 5.38. The molecule has 27 heavy (non-hydrogen) atoms. The number of carbonyl (C=O) groups is 1. The molecule has 0 saturated carbocycles. The number of hydrogen-bond acceptors (Lipinski definition) is 6. The van der Waals surface area contributed by atoms with Crippen molar-refractivity contribution < 1.29 is 19.1 Å². The minimum atomic E-state index is -0.394. The molecule has 2 heterocycles. The standard InChI is InChI=1S/C20H25N3O4/c1-12(2)18-21-22-19(27-18)17-11-23(9-10-26-17)20(25)15-7-3-6-14-13(15)5-4-8-16(14)24/h4-5,8,12,15,17,24H,3,6-7,9-11H2,1-2H3. The molecule has 144 valence electrons. The van der Waals surface area contributed by atoms with Crippen molar-refractivity contribution in [3.63, 3.8) is 0 Å². The summed E-state index contributed by atoms with van der Waals surface area (Å²) in [6.45, 7) is 5.37. The van der Waals surface area contributed by atoms with Gasteiger partial charge in [0.25, 0.3) is 0 Å². The predicted molar refractivity (Wildman–Crippen MR) is 97.4 cm³/mol. The van der Waals surface area contributed by atoms with Crippen LogP contribution in [-0.2, 0) is 16.0 Å². The second-order valence-corrected chi connectivity index (χ2v) is 7.57. The van der Waals surface area contributed by atoms with Gasteiger partial charge in [0.15, 0.2) is 6.10 Å². The number of phenols is 1. The molecule has 1 N–H and O–H groups in total. The van der Waals surface area contributed by atoms with E-state index >= 15 is 0 Å². The van der Waals surface area contributed by atoms with E-state index in [9.17, 15) is 9.90 Å². The number of fused-ring (bicyclic) bond motifs is 1. The van der Waals surface area contributed by atoms with Gasteiger partial charge in [-0.05, 0) is 36.5 Å². The van der Waals surface area contributed by atoms with Gasteiger partial charge in [-0.15, -0.1) is 10.2 Å². The van der Waals surface area contributed by atoms with Crippen molar-refractivity contribution in [3.8, 4) is 5.75 Å². The van der Waals surface area contributed by atoms with E-state index in [0.717, 1.165) is 30.4 Å². The first-order valence-electron chi connectivity index (χ1n) is 9.59. The third kappa shape index (κ3) is 3.43. The smallest absolute Gasteiger partial charge is 0.247 e. The number of nitrogens with zero attached hydrogens (tertiary/aromatic N) is 3. The van der Waals surface area contributed by atoms with Crippen molar-refractivity contribution in [2.75, 3.05) is 19.7 Å². The first-order chi connectivity index (χ1) is 13.0. The molecule has 0 radical (unpaired) electrons. The number of hydrogen-bond donors (Lipinski definition) is 1. The molecule has 1 aliphatic carbocycles. The van der Waals surface area contributed by atoms with E-state index in [1.165, 1.54) is 0 Å². The largest absolute Gasteiger partial charge is 0.508 e. The van der Waals surface area contributed by atoms with Crippen LogP contribution in [0.1, 0.15) is 67.5 Å². The van der Waals surface area contributed by atoms with E-state index in [4.69, 9.17) is 9.15 Å². The number of phenolic OH excluding ortho intramolecular Hbond substituents is 1. The molecule has 2 aliphatic rings. The minimum absolute atomic E-state index is 0.0819. The van der Waals surface area contributed by atoms with E-state index in [-0.39, 0.29) is 23.5 Å². The van der Waals surface area contributed by atoms with E-state index in [1.807, 2.05) is 30.9 Å². The fraction of sp³-hybridized carbons (Fsp3) is 0.550. The van der Waals surface area contributed by atoms with Gasteiger partial charge < -0.3 is 19.2 Å². The summed E-state index contributed by atoms with van der Waals surface area (Å²) in [6, 6.07) is 5.47. The van der Waals surface area contributed by atoms with Crippen molar-refractivity contribution in [2.45, 2.75) is 51.0 Å².